The van der Waals surface area contributed by atoms with Gasteiger partial charge in [-0.15, -0.1) is 12.1 Å². The molecule has 2 saturated carbocycles. The topological polar surface area (TPSA) is 0 Å². The van der Waals surface area contributed by atoms with E-state index >= 15 is 0 Å². The summed E-state index contributed by atoms with van der Waals surface area (Å²) in [6.45, 7) is 2.41. The first kappa shape index (κ1) is 19.6. The fourth-order valence-electron chi connectivity index (χ4n) is 4.55. The van der Waals surface area contributed by atoms with Crippen LogP contribution < -0.4 is 0 Å². The van der Waals surface area contributed by atoms with Crippen molar-refractivity contribution >= 4 is 0 Å². The number of benzene rings is 1. The fourth-order valence-corrected chi connectivity index (χ4v) is 4.55. The Kier molecular flexibility index (Phi) is 8.22. The SMILES string of the molecule is CC1CCC(CCC2CCC(c3c[c-]c(F)cc3)CC2)CC1.[Y]. The van der Waals surface area contributed by atoms with Crippen LogP contribution in [0.2, 0.25) is 0 Å². The maximum Gasteiger partial charge on any atom is 0.0109 e. The normalized spacial score (nSPS) is 31.4. The Labute approximate surface area is 166 Å². The smallest absolute Gasteiger partial charge is 0.0109 e. The van der Waals surface area contributed by atoms with Crippen LogP contribution in [0.25, 0.3) is 0 Å². The van der Waals surface area contributed by atoms with E-state index in [9.17, 15) is 4.39 Å². The summed E-state index contributed by atoms with van der Waals surface area (Å²) >= 11 is 0. The summed E-state index contributed by atoms with van der Waals surface area (Å²) in [4.78, 5) is 0. The standard InChI is InChI=1S/C21H30F.Y/c1-16-2-4-17(5-3-16)6-7-18-8-10-19(11-9-18)20-12-14-21(22)15-13-20;/h12-14,16-19H,2-11H2,1H3;/q-1;. The van der Waals surface area contributed by atoms with E-state index in [4.69, 9.17) is 0 Å². The molecule has 23 heavy (non-hydrogen) atoms. The van der Waals surface area contributed by atoms with Gasteiger partial charge in [0.1, 0.15) is 0 Å². The molecule has 125 valence electrons. The number of halogens is 1. The van der Waals surface area contributed by atoms with Crippen LogP contribution in [0.1, 0.15) is 82.6 Å². The average Bonchev–Trinajstić information content (AvgIpc) is 2.56. The van der Waals surface area contributed by atoms with Crippen molar-refractivity contribution in [1.82, 2.24) is 0 Å². The summed E-state index contributed by atoms with van der Waals surface area (Å²) in [5.74, 6) is 3.34. The van der Waals surface area contributed by atoms with E-state index in [1.165, 1.54) is 69.8 Å². The predicted octanol–water partition coefficient (Wildman–Crippen LogP) is 6.50. The molecule has 0 saturated heterocycles. The van der Waals surface area contributed by atoms with Gasteiger partial charge in [0.15, 0.2) is 0 Å². The molecule has 0 aromatic heterocycles. The Morgan fingerprint density at radius 2 is 1.48 bits per heavy atom. The van der Waals surface area contributed by atoms with Gasteiger partial charge in [-0.1, -0.05) is 77.0 Å². The average molecular weight is 390 g/mol. The summed E-state index contributed by atoms with van der Waals surface area (Å²) < 4.78 is 13.0. The molecule has 0 aliphatic heterocycles. The largest absolute Gasteiger partial charge is 0.236 e. The van der Waals surface area contributed by atoms with E-state index in [0.29, 0.717) is 5.92 Å². The third kappa shape index (κ3) is 5.92. The molecule has 2 aliphatic rings. The van der Waals surface area contributed by atoms with E-state index in [1.54, 1.807) is 6.07 Å². The van der Waals surface area contributed by atoms with Crippen LogP contribution in [0.5, 0.6) is 0 Å². The molecule has 0 amide bonds. The Bertz CT molecular complexity index is 439. The molecule has 0 spiro atoms. The molecular weight excluding hydrogens is 360 g/mol. The first-order valence-corrected chi connectivity index (χ1v) is 9.38. The van der Waals surface area contributed by atoms with Gasteiger partial charge in [-0.3, -0.25) is 0 Å². The molecule has 2 heteroatoms. The zero-order chi connectivity index (χ0) is 15.4. The van der Waals surface area contributed by atoms with Crippen molar-refractivity contribution in [2.24, 2.45) is 17.8 Å². The van der Waals surface area contributed by atoms with E-state index in [-0.39, 0.29) is 38.5 Å². The minimum Gasteiger partial charge on any atom is -0.236 e. The van der Waals surface area contributed by atoms with E-state index in [2.05, 4.69) is 13.0 Å². The van der Waals surface area contributed by atoms with Crippen molar-refractivity contribution in [3.63, 3.8) is 0 Å². The van der Waals surface area contributed by atoms with Crippen molar-refractivity contribution in [3.8, 4) is 0 Å². The zero-order valence-electron chi connectivity index (χ0n) is 14.6. The van der Waals surface area contributed by atoms with Crippen LogP contribution in [-0.2, 0) is 32.7 Å². The van der Waals surface area contributed by atoms with Gasteiger partial charge in [0.2, 0.25) is 0 Å². The summed E-state index contributed by atoms with van der Waals surface area (Å²) in [5, 5.41) is 0. The molecule has 1 radical (unpaired) electrons. The maximum atomic E-state index is 13.0. The van der Waals surface area contributed by atoms with E-state index in [1.807, 2.05) is 12.1 Å². The van der Waals surface area contributed by atoms with Crippen LogP contribution in [0.3, 0.4) is 0 Å². The molecule has 0 bridgehead atoms. The van der Waals surface area contributed by atoms with Gasteiger partial charge < -0.3 is 0 Å². The van der Waals surface area contributed by atoms with Crippen LogP contribution in [0.4, 0.5) is 4.39 Å². The third-order valence-electron chi connectivity index (χ3n) is 6.24. The minimum absolute atomic E-state index is 0. The van der Waals surface area contributed by atoms with Gasteiger partial charge in [-0.25, -0.2) is 4.39 Å². The van der Waals surface area contributed by atoms with Gasteiger partial charge in [-0.2, -0.15) is 17.7 Å². The van der Waals surface area contributed by atoms with Crippen LogP contribution in [0.15, 0.2) is 18.2 Å². The molecule has 2 aliphatic carbocycles. The molecule has 3 rings (SSSR count). The first-order valence-electron chi connectivity index (χ1n) is 9.38. The van der Waals surface area contributed by atoms with Gasteiger partial charge in [0.25, 0.3) is 0 Å². The zero-order valence-corrected chi connectivity index (χ0v) is 17.4. The molecular formula is C21H30FY-. The fraction of sp³-hybridized carbons (Fsp3) is 0.714. The number of rotatable bonds is 4. The molecule has 0 unspecified atom stereocenters. The molecule has 0 nitrogen and oxygen atoms in total. The Morgan fingerprint density at radius 1 is 0.913 bits per heavy atom. The predicted molar refractivity (Wildman–Crippen MR) is 90.3 cm³/mol. The second-order valence-corrected chi connectivity index (χ2v) is 7.89. The maximum absolute atomic E-state index is 13.0. The Morgan fingerprint density at radius 3 is 2.00 bits per heavy atom. The monoisotopic (exact) mass is 390 g/mol. The minimum atomic E-state index is -0.237. The quantitative estimate of drug-likeness (QED) is 0.515. The van der Waals surface area contributed by atoms with Gasteiger partial charge in [0.05, 0.1) is 0 Å². The molecule has 2 fully saturated rings. The second-order valence-electron chi connectivity index (χ2n) is 7.89. The van der Waals surface area contributed by atoms with Crippen LogP contribution in [0, 0.1) is 29.6 Å². The van der Waals surface area contributed by atoms with E-state index in [0.717, 1.165) is 17.8 Å². The van der Waals surface area contributed by atoms with Gasteiger partial charge >= 0.3 is 0 Å². The van der Waals surface area contributed by atoms with Crippen molar-refractivity contribution in [2.45, 2.75) is 77.0 Å². The van der Waals surface area contributed by atoms with Crippen LogP contribution in [-0.4, -0.2) is 0 Å². The first-order chi connectivity index (χ1) is 10.7. The summed E-state index contributed by atoms with van der Waals surface area (Å²) in [6, 6.07) is 8.10. The molecule has 0 atom stereocenters. The molecule has 0 N–H and O–H groups in total. The number of hydrogen-bond donors (Lipinski definition) is 0. The van der Waals surface area contributed by atoms with Gasteiger partial charge in [-0.05, 0) is 17.8 Å². The number of hydrogen-bond acceptors (Lipinski definition) is 0. The van der Waals surface area contributed by atoms with Crippen molar-refractivity contribution in [3.05, 3.63) is 35.6 Å². The molecule has 1 aromatic rings. The van der Waals surface area contributed by atoms with E-state index < -0.39 is 0 Å². The van der Waals surface area contributed by atoms with Crippen molar-refractivity contribution in [2.75, 3.05) is 0 Å². The Hall–Kier alpha value is 0.254. The second kappa shape index (κ2) is 9.66. The molecule has 1 aromatic carbocycles. The van der Waals surface area contributed by atoms with Crippen molar-refractivity contribution < 1.29 is 37.1 Å². The third-order valence-corrected chi connectivity index (χ3v) is 6.24. The van der Waals surface area contributed by atoms with Crippen LogP contribution >= 0.6 is 0 Å². The Balaban J connectivity index is 0.00000192. The summed E-state index contributed by atoms with van der Waals surface area (Å²) in [7, 11) is 0. The summed E-state index contributed by atoms with van der Waals surface area (Å²) in [6.07, 6.45) is 14.1. The van der Waals surface area contributed by atoms with Gasteiger partial charge in [0, 0.05) is 38.5 Å². The summed E-state index contributed by atoms with van der Waals surface area (Å²) in [5.41, 5.74) is 1.29. The molecule has 0 heterocycles. The van der Waals surface area contributed by atoms with Crippen molar-refractivity contribution in [1.29, 1.82) is 0 Å².